The number of aromatic nitrogens is 2. The lowest BCUT2D eigenvalue weighted by atomic mass is 9.94. The van der Waals surface area contributed by atoms with E-state index in [9.17, 15) is 8.42 Å². The summed E-state index contributed by atoms with van der Waals surface area (Å²) >= 11 is 12.5. The van der Waals surface area contributed by atoms with Crippen LogP contribution < -0.4 is 10.5 Å². The molecule has 0 radical (unpaired) electrons. The lowest BCUT2D eigenvalue weighted by Gasteiger charge is -2.31. The zero-order valence-corrected chi connectivity index (χ0v) is 21.5. The minimum atomic E-state index is -3.55. The van der Waals surface area contributed by atoms with Crippen molar-refractivity contribution < 1.29 is 8.42 Å². The number of rotatable bonds is 7. The molecule has 3 heterocycles. The standard InChI is InChI=1S/C22H31Cl2N7O2S/c1-29-20(14-19(28-29)17-5-2-6-18(23)21(17)24)15-8-12-30(13-9-15)34(32,33)27-10-7-16-4-3-11-31(16)22(25)26/h2,5-6,14-16,27H,3-4,7-13H2,1H3,(H3,25,26)/t16-/m1/s1. The molecule has 186 valence electrons. The molecule has 4 N–H and O–H groups in total. The number of nitrogens with zero attached hydrogens (tertiary/aromatic N) is 4. The second-order valence-corrected chi connectivity index (χ2v) is 11.5. The predicted molar refractivity (Wildman–Crippen MR) is 135 cm³/mol. The summed E-state index contributed by atoms with van der Waals surface area (Å²) in [4.78, 5) is 1.85. The molecule has 34 heavy (non-hydrogen) atoms. The van der Waals surface area contributed by atoms with Crippen LogP contribution in [0.3, 0.4) is 0 Å². The lowest BCUT2D eigenvalue weighted by Crippen LogP contribution is -2.46. The third-order valence-electron chi connectivity index (χ3n) is 6.80. The van der Waals surface area contributed by atoms with E-state index in [1.165, 1.54) is 4.31 Å². The minimum Gasteiger partial charge on any atom is -0.370 e. The van der Waals surface area contributed by atoms with Gasteiger partial charge in [-0.1, -0.05) is 35.3 Å². The number of nitrogens with two attached hydrogens (primary N) is 1. The molecule has 2 aliphatic heterocycles. The van der Waals surface area contributed by atoms with Crippen LogP contribution in [0.2, 0.25) is 10.0 Å². The minimum absolute atomic E-state index is 0.0587. The Hall–Kier alpha value is -1.85. The number of aryl methyl sites for hydroxylation is 1. The molecule has 2 saturated heterocycles. The Morgan fingerprint density at radius 3 is 2.68 bits per heavy atom. The Morgan fingerprint density at radius 1 is 1.24 bits per heavy atom. The molecule has 2 aromatic rings. The zero-order chi connectivity index (χ0) is 24.5. The summed E-state index contributed by atoms with van der Waals surface area (Å²) < 4.78 is 31.8. The quantitative estimate of drug-likeness (QED) is 0.377. The summed E-state index contributed by atoms with van der Waals surface area (Å²) in [5.74, 6) is 0.265. The molecule has 9 nitrogen and oxygen atoms in total. The van der Waals surface area contributed by atoms with Crippen molar-refractivity contribution in [2.75, 3.05) is 26.2 Å². The molecule has 4 rings (SSSR count). The maximum absolute atomic E-state index is 12.8. The van der Waals surface area contributed by atoms with E-state index in [1.807, 2.05) is 34.8 Å². The highest BCUT2D eigenvalue weighted by atomic mass is 35.5. The van der Waals surface area contributed by atoms with Gasteiger partial charge in [-0.05, 0) is 44.2 Å². The summed E-state index contributed by atoms with van der Waals surface area (Å²) in [7, 11) is -1.65. The average molecular weight is 529 g/mol. The molecule has 12 heteroatoms. The van der Waals surface area contributed by atoms with Gasteiger partial charge >= 0.3 is 0 Å². The fourth-order valence-corrected chi connectivity index (χ4v) is 6.63. The van der Waals surface area contributed by atoms with Crippen LogP contribution >= 0.6 is 23.2 Å². The average Bonchev–Trinajstić information content (AvgIpc) is 3.42. The number of halogens is 2. The largest absolute Gasteiger partial charge is 0.370 e. The van der Waals surface area contributed by atoms with E-state index in [-0.39, 0.29) is 17.9 Å². The molecule has 1 aromatic carbocycles. The van der Waals surface area contributed by atoms with Crippen LogP contribution in [0.4, 0.5) is 0 Å². The molecular formula is C22H31Cl2N7O2S. The van der Waals surface area contributed by atoms with Crippen molar-refractivity contribution in [1.29, 1.82) is 5.41 Å². The van der Waals surface area contributed by atoms with Gasteiger partial charge in [0.2, 0.25) is 0 Å². The van der Waals surface area contributed by atoms with E-state index < -0.39 is 10.2 Å². The Kier molecular flexibility index (Phi) is 7.73. The molecule has 0 spiro atoms. The van der Waals surface area contributed by atoms with Gasteiger partial charge in [-0.25, -0.2) is 4.72 Å². The molecule has 1 atom stereocenters. The van der Waals surface area contributed by atoms with E-state index in [0.29, 0.717) is 48.9 Å². The van der Waals surface area contributed by atoms with E-state index in [4.69, 9.17) is 34.3 Å². The third kappa shape index (κ3) is 5.36. The second-order valence-electron chi connectivity index (χ2n) is 8.92. The highest BCUT2D eigenvalue weighted by Gasteiger charge is 2.31. The Balaban J connectivity index is 1.33. The second kappa shape index (κ2) is 10.4. The number of hydrogen-bond donors (Lipinski definition) is 3. The predicted octanol–water partition coefficient (Wildman–Crippen LogP) is 3.16. The van der Waals surface area contributed by atoms with Crippen LogP contribution in [-0.4, -0.2) is 65.6 Å². The van der Waals surface area contributed by atoms with Crippen LogP contribution in [0, 0.1) is 5.41 Å². The molecule has 0 unspecified atom stereocenters. The fourth-order valence-electron chi connectivity index (χ4n) is 4.99. The molecular weight excluding hydrogens is 497 g/mol. The Labute approximate surface area is 210 Å². The maximum Gasteiger partial charge on any atom is 0.279 e. The summed E-state index contributed by atoms with van der Waals surface area (Å²) in [6.45, 7) is 1.99. The van der Waals surface area contributed by atoms with E-state index in [0.717, 1.165) is 36.3 Å². The molecule has 2 aliphatic rings. The number of piperidine rings is 1. The van der Waals surface area contributed by atoms with Gasteiger partial charge in [0.1, 0.15) is 0 Å². The van der Waals surface area contributed by atoms with Crippen LogP contribution in [0.25, 0.3) is 11.3 Å². The fraction of sp³-hybridized carbons (Fsp3) is 0.545. The van der Waals surface area contributed by atoms with Crippen molar-refractivity contribution in [3.63, 3.8) is 0 Å². The molecule has 0 amide bonds. The van der Waals surface area contributed by atoms with Gasteiger partial charge in [0.15, 0.2) is 5.96 Å². The van der Waals surface area contributed by atoms with Crippen LogP contribution in [0.5, 0.6) is 0 Å². The monoisotopic (exact) mass is 527 g/mol. The first-order valence-corrected chi connectivity index (χ1v) is 13.7. The van der Waals surface area contributed by atoms with Crippen molar-refractivity contribution >= 4 is 39.4 Å². The number of likely N-dealkylation sites (tertiary alicyclic amines) is 1. The van der Waals surface area contributed by atoms with Crippen molar-refractivity contribution in [3.05, 3.63) is 40.0 Å². The summed E-state index contributed by atoms with van der Waals surface area (Å²) in [5, 5.41) is 13.2. The molecule has 2 fully saturated rings. The number of nitrogens with one attached hydrogen (secondary N) is 2. The van der Waals surface area contributed by atoms with Gasteiger partial charge in [0, 0.05) is 56.4 Å². The Bertz CT molecular complexity index is 1150. The highest BCUT2D eigenvalue weighted by molar-refractivity contribution is 7.87. The van der Waals surface area contributed by atoms with E-state index in [1.54, 1.807) is 6.07 Å². The van der Waals surface area contributed by atoms with Gasteiger partial charge in [-0.3, -0.25) is 10.1 Å². The number of guanidine groups is 1. The lowest BCUT2D eigenvalue weighted by molar-refractivity contribution is 0.307. The van der Waals surface area contributed by atoms with Gasteiger partial charge in [-0.2, -0.15) is 17.8 Å². The topological polar surface area (TPSA) is 120 Å². The Morgan fingerprint density at radius 2 is 1.97 bits per heavy atom. The first kappa shape index (κ1) is 25.2. The third-order valence-corrected chi connectivity index (χ3v) is 9.24. The van der Waals surface area contributed by atoms with E-state index in [2.05, 4.69) is 9.82 Å². The normalized spacial score (nSPS) is 20.2. The molecule has 0 aliphatic carbocycles. The zero-order valence-electron chi connectivity index (χ0n) is 19.2. The van der Waals surface area contributed by atoms with Gasteiger partial charge in [0.05, 0.1) is 15.7 Å². The molecule has 0 saturated carbocycles. The molecule has 1 aromatic heterocycles. The van der Waals surface area contributed by atoms with Crippen LogP contribution in [0.15, 0.2) is 24.3 Å². The van der Waals surface area contributed by atoms with Crippen molar-refractivity contribution in [3.8, 4) is 11.3 Å². The first-order valence-electron chi connectivity index (χ1n) is 11.5. The van der Waals surface area contributed by atoms with Crippen molar-refractivity contribution in [1.82, 2.24) is 23.7 Å². The maximum atomic E-state index is 12.8. The van der Waals surface area contributed by atoms with Gasteiger partial charge in [-0.15, -0.1) is 0 Å². The van der Waals surface area contributed by atoms with Gasteiger partial charge < -0.3 is 10.6 Å². The van der Waals surface area contributed by atoms with Crippen molar-refractivity contribution in [2.24, 2.45) is 12.8 Å². The summed E-state index contributed by atoms with van der Waals surface area (Å²) in [5.41, 5.74) is 8.22. The van der Waals surface area contributed by atoms with Crippen LogP contribution in [-0.2, 0) is 17.3 Å². The smallest absolute Gasteiger partial charge is 0.279 e. The van der Waals surface area contributed by atoms with Crippen LogP contribution in [0.1, 0.15) is 43.7 Å². The number of hydrogen-bond acceptors (Lipinski definition) is 4. The van der Waals surface area contributed by atoms with E-state index >= 15 is 0 Å². The van der Waals surface area contributed by atoms with Gasteiger partial charge in [0.25, 0.3) is 10.2 Å². The number of benzene rings is 1. The molecule has 0 bridgehead atoms. The highest BCUT2D eigenvalue weighted by Crippen LogP contribution is 2.36. The SMILES string of the molecule is Cn1nc(-c2cccc(Cl)c2Cl)cc1C1CCN(S(=O)(=O)NCC[C@H]2CCCN2C(=N)N)CC1. The van der Waals surface area contributed by atoms with Crippen molar-refractivity contribution in [2.45, 2.75) is 44.1 Å². The first-order chi connectivity index (χ1) is 16.2. The summed E-state index contributed by atoms with van der Waals surface area (Å²) in [6.07, 6.45) is 3.97. The summed E-state index contributed by atoms with van der Waals surface area (Å²) in [6, 6.07) is 7.63.